The molecule has 0 atom stereocenters. The van der Waals surface area contributed by atoms with Crippen LogP contribution in [0, 0.1) is 26.6 Å². The smallest absolute Gasteiger partial charge is 0.123 e. The fourth-order valence-electron chi connectivity index (χ4n) is 3.87. The number of fused-ring (bicyclic) bond motifs is 1. The molecule has 0 amide bonds. The minimum atomic E-state index is -0.222. The van der Waals surface area contributed by atoms with E-state index >= 15 is 0 Å². The highest BCUT2D eigenvalue weighted by atomic mass is 35.5. The maximum absolute atomic E-state index is 13.3. The maximum atomic E-state index is 13.3. The highest BCUT2D eigenvalue weighted by Crippen LogP contribution is 2.29. The van der Waals surface area contributed by atoms with Gasteiger partial charge in [-0.25, -0.2) is 4.39 Å². The van der Waals surface area contributed by atoms with Crippen molar-refractivity contribution >= 4 is 29.0 Å². The van der Waals surface area contributed by atoms with E-state index in [9.17, 15) is 4.39 Å². The average molecular weight is 424 g/mol. The molecule has 4 aromatic rings. The summed E-state index contributed by atoms with van der Waals surface area (Å²) in [7, 11) is 2.01. The van der Waals surface area contributed by atoms with Gasteiger partial charge in [-0.15, -0.1) is 12.4 Å². The summed E-state index contributed by atoms with van der Waals surface area (Å²) in [6, 6.07) is 17.4. The molecular weight excluding hydrogens is 397 g/mol. The predicted octanol–water partition coefficient (Wildman–Crippen LogP) is 6.21. The number of hydrogen-bond acceptors (Lipinski definition) is 2. The van der Waals surface area contributed by atoms with Crippen LogP contribution in [-0.2, 0) is 13.1 Å². The quantitative estimate of drug-likeness (QED) is 0.380. The Hall–Kier alpha value is -2.85. The van der Waals surface area contributed by atoms with E-state index in [-0.39, 0.29) is 18.2 Å². The minimum Gasteiger partial charge on any atom is -0.369 e. The van der Waals surface area contributed by atoms with Crippen LogP contribution in [-0.4, -0.2) is 16.6 Å². The molecule has 2 heterocycles. The van der Waals surface area contributed by atoms with E-state index in [0.29, 0.717) is 6.54 Å². The molecule has 4 rings (SSSR count). The van der Waals surface area contributed by atoms with E-state index in [1.807, 2.05) is 13.2 Å². The van der Waals surface area contributed by atoms with E-state index in [1.54, 1.807) is 12.1 Å². The van der Waals surface area contributed by atoms with Crippen LogP contribution in [0.2, 0.25) is 0 Å². The van der Waals surface area contributed by atoms with Crippen LogP contribution >= 0.6 is 12.4 Å². The summed E-state index contributed by atoms with van der Waals surface area (Å²) in [5.41, 5.74) is 8.27. The van der Waals surface area contributed by atoms with Gasteiger partial charge in [-0.05, 0) is 62.2 Å². The van der Waals surface area contributed by atoms with Crippen LogP contribution in [0.25, 0.3) is 10.9 Å². The summed E-state index contributed by atoms with van der Waals surface area (Å²) >= 11 is 0. The lowest BCUT2D eigenvalue weighted by Crippen LogP contribution is -2.18. The Morgan fingerprint density at radius 1 is 0.933 bits per heavy atom. The van der Waals surface area contributed by atoms with Gasteiger partial charge >= 0.3 is 0 Å². The zero-order valence-corrected chi connectivity index (χ0v) is 18.6. The zero-order valence-electron chi connectivity index (χ0n) is 17.8. The topological polar surface area (TPSA) is 21.1 Å². The van der Waals surface area contributed by atoms with Crippen LogP contribution in [0.3, 0.4) is 0 Å². The first-order valence-corrected chi connectivity index (χ1v) is 9.89. The number of pyridine rings is 1. The molecule has 0 aliphatic heterocycles. The number of hydrogen-bond donors (Lipinski definition) is 0. The molecule has 0 fully saturated rings. The third-order valence-electron chi connectivity index (χ3n) is 5.74. The molecule has 3 nitrogen and oxygen atoms in total. The molecule has 0 bridgehead atoms. The Morgan fingerprint density at radius 2 is 1.60 bits per heavy atom. The van der Waals surface area contributed by atoms with E-state index in [4.69, 9.17) is 4.98 Å². The SMILES string of the molecule is Cc1ccc(Cn2c(C)c(C)c3ccnc(CN(C)c4ccc(F)cc4)c32)cc1.Cl. The van der Waals surface area contributed by atoms with Crippen molar-refractivity contribution in [3.8, 4) is 0 Å². The van der Waals surface area contributed by atoms with Gasteiger partial charge in [0.15, 0.2) is 0 Å². The molecule has 156 valence electrons. The third-order valence-corrected chi connectivity index (χ3v) is 5.74. The molecule has 0 spiro atoms. The molecular formula is C25H27ClFN3. The lowest BCUT2D eigenvalue weighted by atomic mass is 10.1. The molecule has 0 N–H and O–H groups in total. The highest BCUT2D eigenvalue weighted by Gasteiger charge is 2.17. The molecule has 5 heteroatoms. The number of anilines is 1. The molecule has 30 heavy (non-hydrogen) atoms. The molecule has 2 aromatic carbocycles. The summed E-state index contributed by atoms with van der Waals surface area (Å²) in [5, 5.41) is 1.24. The largest absolute Gasteiger partial charge is 0.369 e. The van der Waals surface area contributed by atoms with E-state index in [2.05, 4.69) is 60.6 Å². The first-order chi connectivity index (χ1) is 13.9. The van der Waals surface area contributed by atoms with Crippen molar-refractivity contribution in [3.05, 3.63) is 94.7 Å². The fourth-order valence-corrected chi connectivity index (χ4v) is 3.87. The second-order valence-electron chi connectivity index (χ2n) is 7.77. The molecule has 0 saturated carbocycles. The Balaban J connectivity index is 0.00000256. The number of aryl methyl sites for hydroxylation is 2. The zero-order chi connectivity index (χ0) is 20.5. The van der Waals surface area contributed by atoms with Crippen molar-refractivity contribution in [1.82, 2.24) is 9.55 Å². The monoisotopic (exact) mass is 423 g/mol. The van der Waals surface area contributed by atoms with Crippen molar-refractivity contribution in [1.29, 1.82) is 0 Å². The predicted molar refractivity (Wildman–Crippen MR) is 125 cm³/mol. The lowest BCUT2D eigenvalue weighted by Gasteiger charge is -2.20. The van der Waals surface area contributed by atoms with Crippen LogP contribution in [0.1, 0.15) is 28.1 Å². The van der Waals surface area contributed by atoms with E-state index < -0.39 is 0 Å². The maximum Gasteiger partial charge on any atom is 0.123 e. The number of halogens is 2. The summed E-state index contributed by atoms with van der Waals surface area (Å²) in [4.78, 5) is 6.83. The van der Waals surface area contributed by atoms with Crippen LogP contribution in [0.15, 0.2) is 60.8 Å². The average Bonchev–Trinajstić information content (AvgIpc) is 2.96. The summed E-state index contributed by atoms with van der Waals surface area (Å²) in [5.74, 6) is -0.222. The lowest BCUT2D eigenvalue weighted by molar-refractivity contribution is 0.627. The number of benzene rings is 2. The molecule has 0 unspecified atom stereocenters. The van der Waals surface area contributed by atoms with Gasteiger partial charge in [-0.3, -0.25) is 4.98 Å². The van der Waals surface area contributed by atoms with Crippen molar-refractivity contribution in [2.24, 2.45) is 0 Å². The van der Waals surface area contributed by atoms with Crippen molar-refractivity contribution in [2.75, 3.05) is 11.9 Å². The second kappa shape index (κ2) is 8.88. The van der Waals surface area contributed by atoms with Crippen molar-refractivity contribution in [3.63, 3.8) is 0 Å². The Labute approximate surface area is 183 Å². The van der Waals surface area contributed by atoms with Crippen molar-refractivity contribution in [2.45, 2.75) is 33.9 Å². The third kappa shape index (κ3) is 4.19. The van der Waals surface area contributed by atoms with E-state index in [0.717, 1.165) is 17.9 Å². The van der Waals surface area contributed by atoms with Crippen molar-refractivity contribution < 1.29 is 4.39 Å². The summed E-state index contributed by atoms with van der Waals surface area (Å²) in [6.07, 6.45) is 1.89. The summed E-state index contributed by atoms with van der Waals surface area (Å²) in [6.45, 7) is 7.93. The second-order valence-corrected chi connectivity index (χ2v) is 7.77. The molecule has 2 aromatic heterocycles. The Bertz CT molecular complexity index is 1150. The van der Waals surface area contributed by atoms with Crippen LogP contribution in [0.5, 0.6) is 0 Å². The molecule has 0 aliphatic carbocycles. The van der Waals surface area contributed by atoms with Gasteiger partial charge in [0.1, 0.15) is 5.82 Å². The van der Waals surface area contributed by atoms with Gasteiger partial charge in [0.05, 0.1) is 17.8 Å². The summed E-state index contributed by atoms with van der Waals surface area (Å²) < 4.78 is 15.7. The first-order valence-electron chi connectivity index (χ1n) is 9.89. The Morgan fingerprint density at radius 3 is 2.27 bits per heavy atom. The minimum absolute atomic E-state index is 0. The highest BCUT2D eigenvalue weighted by molar-refractivity contribution is 5.87. The normalized spacial score (nSPS) is 10.8. The Kier molecular flexibility index (Phi) is 6.47. The van der Waals surface area contributed by atoms with Gasteiger partial charge in [0, 0.05) is 36.6 Å². The van der Waals surface area contributed by atoms with Crippen LogP contribution < -0.4 is 4.90 Å². The van der Waals surface area contributed by atoms with Gasteiger partial charge in [-0.1, -0.05) is 29.8 Å². The molecule has 0 radical (unpaired) electrons. The first kappa shape index (κ1) is 21.8. The van der Waals surface area contributed by atoms with E-state index in [1.165, 1.54) is 45.4 Å². The van der Waals surface area contributed by atoms with Gasteiger partial charge in [0.2, 0.25) is 0 Å². The van der Waals surface area contributed by atoms with Crippen LogP contribution in [0.4, 0.5) is 10.1 Å². The van der Waals surface area contributed by atoms with Gasteiger partial charge in [-0.2, -0.15) is 0 Å². The molecule has 0 aliphatic rings. The number of aromatic nitrogens is 2. The molecule has 0 saturated heterocycles. The van der Waals surface area contributed by atoms with Gasteiger partial charge in [0.25, 0.3) is 0 Å². The van der Waals surface area contributed by atoms with Gasteiger partial charge < -0.3 is 9.47 Å². The number of nitrogens with zero attached hydrogens (tertiary/aromatic N) is 3. The fraction of sp³-hybridized carbons (Fsp3) is 0.240. The number of rotatable bonds is 5. The standard InChI is InChI=1S/C25H26FN3.ClH/c1-17-5-7-20(8-6-17)15-29-19(3)18(2)23-13-14-27-24(25(23)29)16-28(4)22-11-9-21(26)10-12-22;/h5-14H,15-16H2,1-4H3;1H.